The van der Waals surface area contributed by atoms with Gasteiger partial charge in [-0.2, -0.15) is 0 Å². The molecule has 1 N–H and O–H groups in total. The zero-order valence-corrected chi connectivity index (χ0v) is 15.4. The number of amides is 1. The minimum atomic E-state index is -0.482. The summed E-state index contributed by atoms with van der Waals surface area (Å²) in [6, 6.07) is 19.3. The highest BCUT2D eigenvalue weighted by molar-refractivity contribution is 5.99. The monoisotopic (exact) mass is 376 g/mol. The average molecular weight is 376 g/mol. The van der Waals surface area contributed by atoms with Gasteiger partial charge in [0.1, 0.15) is 12.7 Å². The molecule has 0 unspecified atom stereocenters. The largest absolute Gasteiger partial charge is 0.358 e. The van der Waals surface area contributed by atoms with Crippen LogP contribution in [0.25, 0.3) is 5.57 Å². The molecule has 28 heavy (non-hydrogen) atoms. The molecule has 0 saturated carbocycles. The van der Waals surface area contributed by atoms with Crippen LogP contribution in [0.5, 0.6) is 0 Å². The number of carbonyl (C=O) groups excluding carboxylic acids is 1. The summed E-state index contributed by atoms with van der Waals surface area (Å²) in [4.78, 5) is 27.0. The van der Waals surface area contributed by atoms with Crippen molar-refractivity contribution in [2.24, 2.45) is 0 Å². The van der Waals surface area contributed by atoms with Gasteiger partial charge in [-0.3, -0.25) is 4.79 Å². The van der Waals surface area contributed by atoms with Gasteiger partial charge >= 0.3 is 5.82 Å². The third-order valence-electron chi connectivity index (χ3n) is 4.30. The number of hydrogen-bond acceptors (Lipinski definition) is 4. The first-order valence-electron chi connectivity index (χ1n) is 8.83. The number of aromatic nitrogens is 2. The summed E-state index contributed by atoms with van der Waals surface area (Å²) in [7, 11) is 0. The minimum absolute atomic E-state index is 0.0865. The number of rotatable bonds is 7. The van der Waals surface area contributed by atoms with Gasteiger partial charge in [-0.25, -0.2) is 9.55 Å². The van der Waals surface area contributed by atoms with Crippen molar-refractivity contribution in [1.29, 1.82) is 0 Å². The van der Waals surface area contributed by atoms with Crippen LogP contribution in [0.2, 0.25) is 0 Å². The second-order valence-electron chi connectivity index (χ2n) is 6.15. The molecule has 1 heterocycles. The van der Waals surface area contributed by atoms with Gasteiger partial charge in [0, 0.05) is 13.0 Å². The standard InChI is InChI=1S/C21H20N4O3/c1-16-23-15-21(25(27)28)24(16)13-12-22-20(26)14-19(17-8-4-2-5-9-17)18-10-6-3-7-11-18/h2-11,14-15H,12-13H2,1H3,(H,22,26). The SMILES string of the molecule is Cc1ncc([N+](=O)[O-])n1CCNC(=O)C=C(c1ccccc1)c1ccccc1. The van der Waals surface area contributed by atoms with Crippen LogP contribution >= 0.6 is 0 Å². The van der Waals surface area contributed by atoms with Gasteiger partial charge in [-0.05, 0) is 21.6 Å². The van der Waals surface area contributed by atoms with Gasteiger partial charge < -0.3 is 15.4 Å². The summed E-state index contributed by atoms with van der Waals surface area (Å²) in [5, 5.41) is 13.8. The zero-order chi connectivity index (χ0) is 19.9. The van der Waals surface area contributed by atoms with E-state index in [1.54, 1.807) is 13.0 Å². The van der Waals surface area contributed by atoms with E-state index < -0.39 is 4.92 Å². The first kappa shape index (κ1) is 19.0. The van der Waals surface area contributed by atoms with E-state index in [0.717, 1.165) is 16.7 Å². The van der Waals surface area contributed by atoms with E-state index in [-0.39, 0.29) is 24.8 Å². The molecule has 1 aromatic heterocycles. The molecule has 3 aromatic rings. The lowest BCUT2D eigenvalue weighted by molar-refractivity contribution is -0.392. The van der Waals surface area contributed by atoms with Crippen LogP contribution in [0.15, 0.2) is 72.9 Å². The molecule has 0 aliphatic rings. The van der Waals surface area contributed by atoms with E-state index in [2.05, 4.69) is 10.3 Å². The molecule has 0 bridgehead atoms. The second kappa shape index (κ2) is 8.77. The quantitative estimate of drug-likeness (QED) is 0.389. The van der Waals surface area contributed by atoms with Crippen molar-refractivity contribution in [3.63, 3.8) is 0 Å². The van der Waals surface area contributed by atoms with Gasteiger partial charge in [0.05, 0.1) is 6.54 Å². The Morgan fingerprint density at radius 1 is 1.11 bits per heavy atom. The fourth-order valence-electron chi connectivity index (χ4n) is 2.92. The Morgan fingerprint density at radius 2 is 1.68 bits per heavy atom. The second-order valence-corrected chi connectivity index (χ2v) is 6.15. The predicted octanol–water partition coefficient (Wildman–Crippen LogP) is 3.35. The maximum absolute atomic E-state index is 12.5. The topological polar surface area (TPSA) is 90.1 Å². The first-order valence-corrected chi connectivity index (χ1v) is 8.83. The van der Waals surface area contributed by atoms with Crippen molar-refractivity contribution in [3.05, 3.63) is 100 Å². The smallest absolute Gasteiger partial charge is 0.342 e. The Kier molecular flexibility index (Phi) is 5.96. The highest BCUT2D eigenvalue weighted by Gasteiger charge is 2.17. The zero-order valence-electron chi connectivity index (χ0n) is 15.4. The molecular weight excluding hydrogens is 356 g/mol. The van der Waals surface area contributed by atoms with Crippen molar-refractivity contribution in [2.75, 3.05) is 6.54 Å². The average Bonchev–Trinajstić information content (AvgIpc) is 3.08. The van der Waals surface area contributed by atoms with E-state index in [1.807, 2.05) is 60.7 Å². The van der Waals surface area contributed by atoms with E-state index in [1.165, 1.54) is 10.8 Å². The Labute approximate surface area is 162 Å². The molecule has 0 spiro atoms. The van der Waals surface area contributed by atoms with E-state index >= 15 is 0 Å². The molecule has 0 atom stereocenters. The third-order valence-corrected chi connectivity index (χ3v) is 4.30. The molecule has 3 rings (SSSR count). The predicted molar refractivity (Wildman–Crippen MR) is 107 cm³/mol. The summed E-state index contributed by atoms with van der Waals surface area (Å²) in [6.45, 7) is 2.22. The molecule has 0 fully saturated rings. The molecule has 0 aliphatic carbocycles. The Bertz CT molecular complexity index is 954. The van der Waals surface area contributed by atoms with E-state index in [4.69, 9.17) is 0 Å². The fraction of sp³-hybridized carbons (Fsp3) is 0.143. The summed E-state index contributed by atoms with van der Waals surface area (Å²) in [5.41, 5.74) is 2.68. The number of benzene rings is 2. The van der Waals surface area contributed by atoms with Crippen molar-refractivity contribution >= 4 is 17.3 Å². The number of aryl methyl sites for hydroxylation is 1. The van der Waals surface area contributed by atoms with Gasteiger partial charge in [0.25, 0.3) is 0 Å². The van der Waals surface area contributed by atoms with E-state index in [9.17, 15) is 14.9 Å². The molecule has 2 aromatic carbocycles. The summed E-state index contributed by atoms with van der Waals surface area (Å²) < 4.78 is 1.47. The third kappa shape index (κ3) is 4.50. The van der Waals surface area contributed by atoms with Crippen LogP contribution in [0.1, 0.15) is 17.0 Å². The molecular formula is C21H20N4O3. The first-order chi connectivity index (χ1) is 13.6. The van der Waals surface area contributed by atoms with Crippen LogP contribution < -0.4 is 5.32 Å². The van der Waals surface area contributed by atoms with Gasteiger partial charge in [-0.1, -0.05) is 60.7 Å². The molecule has 142 valence electrons. The van der Waals surface area contributed by atoms with Gasteiger partial charge in [-0.15, -0.1) is 0 Å². The lowest BCUT2D eigenvalue weighted by atomic mass is 9.97. The van der Waals surface area contributed by atoms with Crippen LogP contribution in [-0.2, 0) is 11.3 Å². The van der Waals surface area contributed by atoms with Crippen LogP contribution in [0.3, 0.4) is 0 Å². The lowest BCUT2D eigenvalue weighted by Crippen LogP contribution is -2.26. The number of nitrogens with one attached hydrogen (secondary N) is 1. The molecule has 7 nitrogen and oxygen atoms in total. The van der Waals surface area contributed by atoms with Crippen LogP contribution in [-0.4, -0.2) is 26.9 Å². The molecule has 0 radical (unpaired) electrons. The number of hydrogen-bond donors (Lipinski definition) is 1. The normalized spacial score (nSPS) is 10.3. The van der Waals surface area contributed by atoms with Crippen LogP contribution in [0, 0.1) is 17.0 Å². The Balaban J connectivity index is 1.74. The van der Waals surface area contributed by atoms with Gasteiger partial charge in [0.2, 0.25) is 5.91 Å². The Hall–Kier alpha value is -3.74. The summed E-state index contributed by atoms with van der Waals surface area (Å²) in [6.07, 6.45) is 2.78. The Morgan fingerprint density at radius 3 is 2.21 bits per heavy atom. The molecule has 1 amide bonds. The number of nitro groups is 1. The molecule has 0 saturated heterocycles. The molecule has 7 heteroatoms. The molecule has 0 aliphatic heterocycles. The maximum atomic E-state index is 12.5. The van der Waals surface area contributed by atoms with Crippen LogP contribution in [0.4, 0.5) is 5.82 Å². The van der Waals surface area contributed by atoms with Crippen molar-refractivity contribution in [2.45, 2.75) is 13.5 Å². The van der Waals surface area contributed by atoms with Crippen molar-refractivity contribution in [3.8, 4) is 0 Å². The van der Waals surface area contributed by atoms with Crippen molar-refractivity contribution < 1.29 is 9.72 Å². The fourth-order valence-corrected chi connectivity index (χ4v) is 2.92. The minimum Gasteiger partial charge on any atom is -0.358 e. The van der Waals surface area contributed by atoms with Gasteiger partial charge in [0.15, 0.2) is 5.82 Å². The van der Waals surface area contributed by atoms with Crippen molar-refractivity contribution in [1.82, 2.24) is 14.9 Å². The number of nitrogens with zero attached hydrogens (tertiary/aromatic N) is 3. The number of imidazole rings is 1. The number of carbonyl (C=O) groups is 1. The van der Waals surface area contributed by atoms with E-state index in [0.29, 0.717) is 5.82 Å². The maximum Gasteiger partial charge on any atom is 0.342 e. The summed E-state index contributed by atoms with van der Waals surface area (Å²) in [5.74, 6) is 0.186. The lowest BCUT2D eigenvalue weighted by Gasteiger charge is -2.09. The highest BCUT2D eigenvalue weighted by atomic mass is 16.6. The highest BCUT2D eigenvalue weighted by Crippen LogP contribution is 2.22. The summed E-state index contributed by atoms with van der Waals surface area (Å²) >= 11 is 0.